The molecule has 5 heteroatoms. The summed E-state index contributed by atoms with van der Waals surface area (Å²) in [5.41, 5.74) is 1.17. The molecule has 0 aliphatic heterocycles. The lowest BCUT2D eigenvalue weighted by atomic mass is 10.3. The molecule has 0 fully saturated rings. The van der Waals surface area contributed by atoms with E-state index in [4.69, 9.17) is 5.21 Å². The van der Waals surface area contributed by atoms with Crippen molar-refractivity contribution in [3.63, 3.8) is 0 Å². The third-order valence-electron chi connectivity index (χ3n) is 2.16. The molecule has 88 valence electrons. The van der Waals surface area contributed by atoms with E-state index in [-0.39, 0.29) is 0 Å². The summed E-state index contributed by atoms with van der Waals surface area (Å²) >= 11 is 1.49. The third kappa shape index (κ3) is 3.47. The molecule has 3 N–H and O–H groups in total. The second-order valence-corrected chi connectivity index (χ2v) is 4.28. The van der Waals surface area contributed by atoms with E-state index >= 15 is 0 Å². The molecule has 1 unspecified atom stereocenters. The first kappa shape index (κ1) is 11.9. The van der Waals surface area contributed by atoms with Crippen molar-refractivity contribution >= 4 is 23.3 Å². The number of hydrogen-bond acceptors (Lipinski definition) is 4. The van der Waals surface area contributed by atoms with Gasteiger partial charge in [0, 0.05) is 22.7 Å². The highest BCUT2D eigenvalue weighted by Crippen LogP contribution is 2.21. The van der Waals surface area contributed by atoms with E-state index in [9.17, 15) is 5.21 Å². The minimum atomic E-state index is -0.910. The predicted molar refractivity (Wildman–Crippen MR) is 68.1 cm³/mol. The van der Waals surface area contributed by atoms with E-state index in [2.05, 4.69) is 4.72 Å². The summed E-state index contributed by atoms with van der Waals surface area (Å²) in [6.07, 6.45) is 0. The molecular formula is C12H12N2O2S. The lowest BCUT2D eigenvalue weighted by Gasteiger charge is -2.12. The van der Waals surface area contributed by atoms with E-state index < -0.39 is 5.23 Å². The van der Waals surface area contributed by atoms with Crippen LogP contribution in [0.25, 0.3) is 0 Å². The predicted octanol–water partition coefficient (Wildman–Crippen LogP) is 2.21. The monoisotopic (exact) mass is 248 g/mol. The van der Waals surface area contributed by atoms with Gasteiger partial charge in [-0.05, 0) is 36.2 Å². The normalized spacial score (nSPS) is 12.1. The molecule has 2 aromatic carbocycles. The van der Waals surface area contributed by atoms with Crippen molar-refractivity contribution in [2.75, 3.05) is 4.72 Å². The summed E-state index contributed by atoms with van der Waals surface area (Å²) in [5, 5.41) is 18.5. The van der Waals surface area contributed by atoms with Gasteiger partial charge in [-0.1, -0.05) is 18.2 Å². The summed E-state index contributed by atoms with van der Waals surface area (Å²) in [4.78, 5) is 1.11. The zero-order chi connectivity index (χ0) is 12.1. The fraction of sp³-hybridized carbons (Fsp3) is 0. The topological polar surface area (TPSA) is 59.8 Å². The van der Waals surface area contributed by atoms with Gasteiger partial charge in [0.2, 0.25) is 0 Å². The summed E-state index contributed by atoms with van der Waals surface area (Å²) in [5.74, 6) is 0. The van der Waals surface area contributed by atoms with Crippen molar-refractivity contribution in [1.29, 1.82) is 0 Å². The molecule has 0 aromatic heterocycles. The van der Waals surface area contributed by atoms with E-state index in [0.717, 1.165) is 10.6 Å². The van der Waals surface area contributed by atoms with Gasteiger partial charge in [0.25, 0.3) is 0 Å². The Balaban J connectivity index is 1.96. The van der Waals surface area contributed by atoms with Crippen molar-refractivity contribution < 1.29 is 10.4 Å². The van der Waals surface area contributed by atoms with Gasteiger partial charge in [-0.15, -0.1) is 0 Å². The molecule has 17 heavy (non-hydrogen) atoms. The number of rotatable bonds is 4. The summed E-state index contributed by atoms with van der Waals surface area (Å²) in [7, 11) is 0. The number of benzene rings is 2. The number of nitrogens with one attached hydrogen (secondary N) is 2. The van der Waals surface area contributed by atoms with Crippen molar-refractivity contribution in [2.45, 2.75) is 4.90 Å². The molecule has 0 heterocycles. The minimum absolute atomic E-state index is 0.292. The summed E-state index contributed by atoms with van der Waals surface area (Å²) in [6, 6.07) is 16.6. The molecular weight excluding hydrogens is 236 g/mol. The maximum absolute atomic E-state index is 10.7. The number of hydrogen-bond donors (Lipinski definition) is 3. The summed E-state index contributed by atoms with van der Waals surface area (Å²) in [6.45, 7) is 0. The van der Waals surface area contributed by atoms with Crippen LogP contribution in [0.1, 0.15) is 0 Å². The quantitative estimate of drug-likeness (QED) is 0.573. The molecule has 0 bridgehead atoms. The van der Waals surface area contributed by atoms with Crippen LogP contribution < -0.4 is 9.95 Å². The first-order valence-electron chi connectivity index (χ1n) is 5.07. The van der Waals surface area contributed by atoms with Gasteiger partial charge in [0.1, 0.15) is 0 Å². The lowest BCUT2D eigenvalue weighted by molar-refractivity contribution is -0.991. The van der Waals surface area contributed by atoms with Crippen molar-refractivity contribution in [1.82, 2.24) is 0 Å². The van der Waals surface area contributed by atoms with Crippen molar-refractivity contribution in [2.24, 2.45) is 0 Å². The van der Waals surface area contributed by atoms with Crippen LogP contribution in [0.15, 0.2) is 59.5 Å². The Morgan fingerprint density at radius 3 is 2.24 bits per heavy atom. The highest BCUT2D eigenvalue weighted by atomic mass is 32.2. The van der Waals surface area contributed by atoms with Crippen LogP contribution in [-0.2, 0) is 0 Å². The Hall–Kier alpha value is -1.53. The highest BCUT2D eigenvalue weighted by molar-refractivity contribution is 8.00. The minimum Gasteiger partial charge on any atom is -0.595 e. The lowest BCUT2D eigenvalue weighted by Crippen LogP contribution is -2.99. The van der Waals surface area contributed by atoms with Gasteiger partial charge in [0.05, 0.1) is 0 Å². The zero-order valence-corrected chi connectivity index (χ0v) is 9.78. The van der Waals surface area contributed by atoms with E-state index in [1.807, 2.05) is 30.3 Å². The Labute approximate surface area is 104 Å². The third-order valence-corrected chi connectivity index (χ3v) is 3.01. The molecule has 0 saturated carbocycles. The largest absolute Gasteiger partial charge is 0.595 e. The zero-order valence-electron chi connectivity index (χ0n) is 8.96. The molecule has 0 aliphatic carbocycles. The molecule has 2 rings (SSSR count). The fourth-order valence-electron chi connectivity index (χ4n) is 1.29. The van der Waals surface area contributed by atoms with E-state index in [1.165, 1.54) is 11.9 Å². The van der Waals surface area contributed by atoms with Crippen molar-refractivity contribution in [3.05, 3.63) is 59.8 Å². The van der Waals surface area contributed by atoms with Gasteiger partial charge in [-0.3, -0.25) is 0 Å². The van der Waals surface area contributed by atoms with Crippen LogP contribution in [0.3, 0.4) is 0 Å². The Morgan fingerprint density at radius 2 is 1.65 bits per heavy atom. The van der Waals surface area contributed by atoms with E-state index in [1.54, 1.807) is 24.3 Å². The molecule has 0 amide bonds. The molecule has 2 aromatic rings. The second-order valence-electron chi connectivity index (χ2n) is 3.40. The first-order valence-corrected chi connectivity index (χ1v) is 5.88. The molecule has 0 radical (unpaired) electrons. The van der Waals surface area contributed by atoms with Gasteiger partial charge >= 0.3 is 0 Å². The van der Waals surface area contributed by atoms with Crippen LogP contribution in [-0.4, -0.2) is 5.21 Å². The Morgan fingerprint density at radius 1 is 1.00 bits per heavy atom. The summed E-state index contributed by atoms with van der Waals surface area (Å²) < 4.78 is 3.15. The average Bonchev–Trinajstić information content (AvgIpc) is 2.38. The van der Waals surface area contributed by atoms with E-state index in [0.29, 0.717) is 5.69 Å². The molecule has 0 spiro atoms. The van der Waals surface area contributed by atoms with Crippen LogP contribution >= 0.6 is 11.9 Å². The molecule has 4 nitrogen and oxygen atoms in total. The van der Waals surface area contributed by atoms with Crippen LogP contribution in [0.4, 0.5) is 11.4 Å². The maximum atomic E-state index is 10.7. The average molecular weight is 248 g/mol. The Kier molecular flexibility index (Phi) is 4.00. The van der Waals surface area contributed by atoms with Gasteiger partial charge in [0.15, 0.2) is 5.69 Å². The SMILES string of the molecule is [O-][NH+](O)c1ccc(NSc2ccccc2)cc1. The fourth-order valence-corrected chi connectivity index (χ4v) is 1.95. The van der Waals surface area contributed by atoms with Crippen LogP contribution in [0, 0.1) is 5.21 Å². The Bertz CT molecular complexity index is 460. The second kappa shape index (κ2) is 5.70. The number of quaternary nitrogens is 1. The van der Waals surface area contributed by atoms with Crippen LogP contribution in [0.5, 0.6) is 0 Å². The smallest absolute Gasteiger partial charge is 0.163 e. The highest BCUT2D eigenvalue weighted by Gasteiger charge is 1.99. The molecule has 0 aliphatic rings. The van der Waals surface area contributed by atoms with Crippen LogP contribution in [0.2, 0.25) is 0 Å². The van der Waals surface area contributed by atoms with Crippen molar-refractivity contribution in [3.8, 4) is 0 Å². The standard InChI is InChI=1S/C12H12N2O2S/c15-14(16)11-8-6-10(7-9-11)13-17-12-4-2-1-3-5-12/h1-9,13-15H. The maximum Gasteiger partial charge on any atom is 0.163 e. The van der Waals surface area contributed by atoms with Gasteiger partial charge in [-0.25, -0.2) is 5.21 Å². The molecule has 0 saturated heterocycles. The first-order chi connectivity index (χ1) is 8.25. The van der Waals surface area contributed by atoms with Gasteiger partial charge in [-0.2, -0.15) is 5.23 Å². The number of anilines is 1. The van der Waals surface area contributed by atoms with Gasteiger partial charge < -0.3 is 9.93 Å². The molecule has 1 atom stereocenters.